The van der Waals surface area contributed by atoms with Gasteiger partial charge < -0.3 is 4.57 Å². The molecule has 0 radical (unpaired) electrons. The van der Waals surface area contributed by atoms with Crippen molar-refractivity contribution in [3.63, 3.8) is 0 Å². The largest absolute Gasteiger partial charge is 0.305 e. The summed E-state index contributed by atoms with van der Waals surface area (Å²) < 4.78 is 29.1. The van der Waals surface area contributed by atoms with E-state index in [1.165, 1.54) is 4.57 Å². The SMILES string of the molecule is [2H]C([2H])([2H])n1c2ccncc2n2c3[n+](cc12)Cc1ncccc1-3. The first kappa shape index (κ1) is 7.79. The summed E-state index contributed by atoms with van der Waals surface area (Å²) in [5.41, 5.74) is 4.09. The number of hydrogen-bond acceptors (Lipinski definition) is 2. The quantitative estimate of drug-likeness (QED) is 0.398. The van der Waals surface area contributed by atoms with Crippen molar-refractivity contribution >= 4 is 16.7 Å². The van der Waals surface area contributed by atoms with Crippen molar-refractivity contribution in [2.24, 2.45) is 6.98 Å². The number of hydrogen-bond donors (Lipinski definition) is 0. The van der Waals surface area contributed by atoms with E-state index in [-0.39, 0.29) is 0 Å². The van der Waals surface area contributed by atoms with Gasteiger partial charge in [-0.05, 0) is 18.2 Å². The van der Waals surface area contributed by atoms with E-state index in [4.69, 9.17) is 4.11 Å². The molecule has 1 aliphatic heterocycles. The lowest BCUT2D eigenvalue weighted by Crippen LogP contribution is -2.30. The Kier molecular flexibility index (Phi) is 1.27. The lowest BCUT2D eigenvalue weighted by Gasteiger charge is -1.92. The number of aromatic nitrogens is 5. The Balaban J connectivity index is 2.00. The summed E-state index contributed by atoms with van der Waals surface area (Å²) in [5.74, 6) is 0.948. The third-order valence-corrected chi connectivity index (χ3v) is 3.92. The molecule has 5 heterocycles. The van der Waals surface area contributed by atoms with E-state index in [1.54, 1.807) is 24.7 Å². The van der Waals surface area contributed by atoms with Gasteiger partial charge in [-0.2, -0.15) is 4.40 Å². The Morgan fingerprint density at radius 1 is 1.30 bits per heavy atom. The first-order valence-electron chi connectivity index (χ1n) is 7.90. The normalized spacial score (nSPS) is 15.9. The van der Waals surface area contributed by atoms with Gasteiger partial charge in [0.25, 0.3) is 5.82 Å². The molecule has 1 aliphatic rings. The summed E-state index contributed by atoms with van der Waals surface area (Å²) >= 11 is 0. The zero-order valence-corrected chi connectivity index (χ0v) is 10.5. The number of imidazole rings is 2. The first-order valence-corrected chi connectivity index (χ1v) is 6.40. The smallest absolute Gasteiger partial charge is 0.298 e. The van der Waals surface area contributed by atoms with Crippen molar-refractivity contribution in [3.8, 4) is 11.4 Å². The zero-order valence-electron chi connectivity index (χ0n) is 13.5. The van der Waals surface area contributed by atoms with Crippen LogP contribution in [0.4, 0.5) is 0 Å². The predicted octanol–water partition coefficient (Wildman–Crippen LogP) is 1.54. The molecule has 0 saturated carbocycles. The molecule has 5 rings (SSSR count). The average Bonchev–Trinajstić information content (AvgIpc) is 3.11. The van der Waals surface area contributed by atoms with E-state index in [2.05, 4.69) is 9.97 Å². The van der Waals surface area contributed by atoms with E-state index in [0.717, 1.165) is 22.6 Å². The van der Waals surface area contributed by atoms with Crippen molar-refractivity contribution in [1.82, 2.24) is 18.9 Å². The van der Waals surface area contributed by atoms with Gasteiger partial charge in [0.1, 0.15) is 6.54 Å². The Hall–Kier alpha value is -2.69. The van der Waals surface area contributed by atoms with Gasteiger partial charge in [0, 0.05) is 23.5 Å². The fraction of sp³-hybridized carbons (Fsp3) is 0.133. The predicted molar refractivity (Wildman–Crippen MR) is 74.2 cm³/mol. The molecule has 0 amide bonds. The van der Waals surface area contributed by atoms with Gasteiger partial charge in [0.15, 0.2) is 11.7 Å². The van der Waals surface area contributed by atoms with Crippen molar-refractivity contribution in [2.75, 3.05) is 0 Å². The number of pyridine rings is 2. The Bertz CT molecular complexity index is 1090. The minimum atomic E-state index is -2.26. The summed E-state index contributed by atoms with van der Waals surface area (Å²) in [6.45, 7) is -1.61. The highest BCUT2D eigenvalue weighted by Gasteiger charge is 2.33. The molecule has 0 fully saturated rings. The Morgan fingerprint density at radius 2 is 2.30 bits per heavy atom. The highest BCUT2D eigenvalue weighted by atomic mass is 15.2. The first-order chi connectivity index (χ1) is 11.1. The highest BCUT2D eigenvalue weighted by Crippen LogP contribution is 2.30. The van der Waals surface area contributed by atoms with Gasteiger partial charge in [-0.25, -0.2) is 4.57 Å². The zero-order chi connectivity index (χ0) is 15.8. The number of rotatable bonds is 0. The maximum Gasteiger partial charge on any atom is 0.298 e. The van der Waals surface area contributed by atoms with Crippen LogP contribution in [-0.4, -0.2) is 18.9 Å². The van der Waals surface area contributed by atoms with Gasteiger partial charge in [0.05, 0.1) is 23.0 Å². The topological polar surface area (TPSA) is 39.0 Å². The Morgan fingerprint density at radius 3 is 3.25 bits per heavy atom. The standard InChI is InChI=1S/C15H12N5/c1-18-12-4-6-16-7-13(12)20-14(18)9-19-8-11-10(15(19)20)3-2-5-17-11/h2-7,9H,8H2,1H3/q+1/i1D3. The summed E-state index contributed by atoms with van der Waals surface area (Å²) in [7, 11) is 0. The van der Waals surface area contributed by atoms with E-state index < -0.39 is 6.98 Å². The Labute approximate surface area is 119 Å². The molecule has 0 bridgehead atoms. The van der Waals surface area contributed by atoms with Crippen LogP contribution in [0.3, 0.4) is 0 Å². The van der Waals surface area contributed by atoms with Crippen LogP contribution in [0, 0.1) is 0 Å². The van der Waals surface area contributed by atoms with E-state index >= 15 is 0 Å². The molecule has 0 atom stereocenters. The molecular weight excluding hydrogens is 250 g/mol. The second-order valence-corrected chi connectivity index (χ2v) is 4.97. The maximum atomic E-state index is 7.89. The molecule has 0 saturated heterocycles. The van der Waals surface area contributed by atoms with Crippen LogP contribution in [0.15, 0.2) is 43.0 Å². The number of fused-ring (bicyclic) bond motifs is 7. The van der Waals surface area contributed by atoms with Crippen LogP contribution in [-0.2, 0) is 13.5 Å². The monoisotopic (exact) mass is 265 g/mol. The van der Waals surface area contributed by atoms with E-state index in [9.17, 15) is 0 Å². The van der Waals surface area contributed by atoms with Gasteiger partial charge in [-0.15, -0.1) is 0 Å². The van der Waals surface area contributed by atoms with Crippen molar-refractivity contribution < 1.29 is 8.68 Å². The molecule has 4 aromatic heterocycles. The lowest BCUT2D eigenvalue weighted by atomic mass is 10.2. The molecular formula is C15H12N5+. The van der Waals surface area contributed by atoms with E-state index in [1.807, 2.05) is 27.3 Å². The highest BCUT2D eigenvalue weighted by molar-refractivity contribution is 5.83. The van der Waals surface area contributed by atoms with Gasteiger partial charge in [0.2, 0.25) is 5.65 Å². The van der Waals surface area contributed by atoms with Gasteiger partial charge in [-0.3, -0.25) is 9.97 Å². The number of aryl methyl sites for hydroxylation is 1. The molecule has 0 N–H and O–H groups in total. The van der Waals surface area contributed by atoms with Crippen molar-refractivity contribution in [1.29, 1.82) is 0 Å². The second-order valence-electron chi connectivity index (χ2n) is 4.97. The van der Waals surface area contributed by atoms with Crippen molar-refractivity contribution in [3.05, 3.63) is 48.7 Å². The van der Waals surface area contributed by atoms with Crippen LogP contribution >= 0.6 is 0 Å². The molecule has 4 aromatic rings. The molecule has 0 spiro atoms. The molecule has 20 heavy (non-hydrogen) atoms. The second kappa shape index (κ2) is 3.25. The van der Waals surface area contributed by atoms with Crippen LogP contribution < -0.4 is 4.57 Å². The number of nitrogens with zero attached hydrogens (tertiary/aromatic N) is 5. The summed E-state index contributed by atoms with van der Waals surface area (Å²) in [6.07, 6.45) is 6.98. The molecule has 5 nitrogen and oxygen atoms in total. The third kappa shape index (κ3) is 1.02. The lowest BCUT2D eigenvalue weighted by molar-refractivity contribution is -0.670. The van der Waals surface area contributed by atoms with Crippen LogP contribution in [0.2, 0.25) is 0 Å². The molecule has 0 aromatic carbocycles. The van der Waals surface area contributed by atoms with Gasteiger partial charge in [-0.1, -0.05) is 0 Å². The fourth-order valence-electron chi connectivity index (χ4n) is 3.08. The molecule has 0 unspecified atom stereocenters. The van der Waals surface area contributed by atoms with E-state index in [0.29, 0.717) is 17.7 Å². The van der Waals surface area contributed by atoms with Gasteiger partial charge >= 0.3 is 0 Å². The van der Waals surface area contributed by atoms with Crippen LogP contribution in [0.1, 0.15) is 9.81 Å². The summed E-state index contributed by atoms with van der Waals surface area (Å²) in [6, 6.07) is 5.66. The summed E-state index contributed by atoms with van der Waals surface area (Å²) in [5, 5.41) is 0. The fourth-order valence-corrected chi connectivity index (χ4v) is 3.08. The van der Waals surface area contributed by atoms with Crippen LogP contribution in [0.5, 0.6) is 0 Å². The van der Waals surface area contributed by atoms with Crippen LogP contribution in [0.25, 0.3) is 28.1 Å². The maximum absolute atomic E-state index is 7.89. The molecule has 96 valence electrons. The summed E-state index contributed by atoms with van der Waals surface area (Å²) in [4.78, 5) is 8.60. The molecule has 0 aliphatic carbocycles. The minimum absolute atomic E-state index is 0.637. The minimum Gasteiger partial charge on any atom is -0.305 e. The average molecular weight is 265 g/mol. The third-order valence-electron chi connectivity index (χ3n) is 3.92. The molecule has 5 heteroatoms. The van der Waals surface area contributed by atoms with Crippen molar-refractivity contribution in [2.45, 2.75) is 6.54 Å².